The van der Waals surface area contributed by atoms with Crippen molar-refractivity contribution in [1.82, 2.24) is 15.6 Å². The number of pyridine rings is 1. The number of halogens is 1. The summed E-state index contributed by atoms with van der Waals surface area (Å²) in [5, 5.41) is 5.88. The zero-order valence-corrected chi connectivity index (χ0v) is 12.1. The summed E-state index contributed by atoms with van der Waals surface area (Å²) in [5.74, 6) is -0.440. The van der Waals surface area contributed by atoms with E-state index in [1.807, 2.05) is 19.1 Å². The van der Waals surface area contributed by atoms with Crippen LogP contribution < -0.4 is 10.6 Å². The molecule has 21 heavy (non-hydrogen) atoms. The van der Waals surface area contributed by atoms with Crippen LogP contribution in [-0.4, -0.2) is 17.9 Å². The summed E-state index contributed by atoms with van der Waals surface area (Å²) in [6.45, 7) is 2.58. The molecule has 0 aliphatic carbocycles. The minimum Gasteiger partial charge on any atom is -0.355 e. The summed E-state index contributed by atoms with van der Waals surface area (Å²) >= 11 is 0. The Bertz CT molecular complexity index is 613. The molecule has 1 unspecified atom stereocenters. The molecular weight excluding hydrogens is 269 g/mol. The predicted molar refractivity (Wildman–Crippen MR) is 79.3 cm³/mol. The summed E-state index contributed by atoms with van der Waals surface area (Å²) in [6.07, 6.45) is 2.84. The van der Waals surface area contributed by atoms with E-state index in [0.29, 0.717) is 12.1 Å². The maximum atomic E-state index is 13.1. The van der Waals surface area contributed by atoms with Crippen LogP contribution in [0.25, 0.3) is 0 Å². The molecule has 4 nitrogen and oxygen atoms in total. The Balaban J connectivity index is 1.95. The summed E-state index contributed by atoms with van der Waals surface area (Å²) in [7, 11) is 1.60. The van der Waals surface area contributed by atoms with Crippen molar-refractivity contribution in [3.05, 3.63) is 65.2 Å². The summed E-state index contributed by atoms with van der Waals surface area (Å²) in [6, 6.07) is 8.82. The van der Waals surface area contributed by atoms with Crippen LogP contribution >= 0.6 is 0 Å². The lowest BCUT2D eigenvalue weighted by Crippen LogP contribution is -2.19. The van der Waals surface area contributed by atoms with Crippen molar-refractivity contribution < 1.29 is 9.18 Å². The highest BCUT2D eigenvalue weighted by atomic mass is 19.1. The zero-order valence-electron chi connectivity index (χ0n) is 12.1. The number of carbonyl (C=O) groups excluding carboxylic acids is 1. The van der Waals surface area contributed by atoms with E-state index >= 15 is 0 Å². The first-order valence-corrected chi connectivity index (χ1v) is 6.75. The quantitative estimate of drug-likeness (QED) is 0.888. The lowest BCUT2D eigenvalue weighted by Gasteiger charge is -2.14. The van der Waals surface area contributed by atoms with Gasteiger partial charge in [0.1, 0.15) is 5.82 Å². The average Bonchev–Trinajstić information content (AvgIpc) is 2.52. The number of amides is 1. The number of nitrogens with one attached hydrogen (secondary N) is 2. The minimum absolute atomic E-state index is 0.00758. The first-order chi connectivity index (χ1) is 10.1. The number of carbonyl (C=O) groups is 1. The fourth-order valence-corrected chi connectivity index (χ4v) is 1.97. The fraction of sp³-hybridized carbons (Fsp3) is 0.250. The van der Waals surface area contributed by atoms with E-state index in [0.717, 1.165) is 11.1 Å². The molecule has 5 heteroatoms. The number of hydrogen-bond donors (Lipinski definition) is 2. The van der Waals surface area contributed by atoms with E-state index in [9.17, 15) is 9.18 Å². The van der Waals surface area contributed by atoms with Crippen LogP contribution in [0.5, 0.6) is 0 Å². The Labute approximate surface area is 123 Å². The number of aromatic nitrogens is 1. The molecule has 110 valence electrons. The van der Waals surface area contributed by atoms with Gasteiger partial charge in [0.05, 0.1) is 6.20 Å². The third-order valence-corrected chi connectivity index (χ3v) is 3.28. The van der Waals surface area contributed by atoms with Crippen LogP contribution in [0.3, 0.4) is 0 Å². The third-order valence-electron chi connectivity index (χ3n) is 3.28. The average molecular weight is 287 g/mol. The SMILES string of the molecule is CNC(=O)c1ccc(CNC(C)c2cncc(F)c2)cc1. The van der Waals surface area contributed by atoms with E-state index in [1.165, 1.54) is 12.3 Å². The predicted octanol–water partition coefficient (Wildman–Crippen LogP) is 2.43. The molecule has 2 aromatic rings. The van der Waals surface area contributed by atoms with Crippen molar-refractivity contribution in [3.8, 4) is 0 Å². The fourth-order valence-electron chi connectivity index (χ4n) is 1.97. The second-order valence-electron chi connectivity index (χ2n) is 4.82. The number of hydrogen-bond acceptors (Lipinski definition) is 3. The molecule has 2 rings (SSSR count). The summed E-state index contributed by atoms with van der Waals surface area (Å²) < 4.78 is 13.1. The van der Waals surface area contributed by atoms with Crippen LogP contribution in [0.4, 0.5) is 4.39 Å². The minimum atomic E-state index is -0.337. The molecule has 0 aliphatic rings. The zero-order chi connectivity index (χ0) is 15.2. The molecule has 0 saturated carbocycles. The highest BCUT2D eigenvalue weighted by Gasteiger charge is 2.07. The molecule has 0 fully saturated rings. The van der Waals surface area contributed by atoms with E-state index < -0.39 is 0 Å². The van der Waals surface area contributed by atoms with E-state index in [-0.39, 0.29) is 17.8 Å². The monoisotopic (exact) mass is 287 g/mol. The van der Waals surface area contributed by atoms with Crippen LogP contribution in [0.1, 0.15) is 34.5 Å². The molecule has 1 heterocycles. The molecule has 0 bridgehead atoms. The molecule has 0 spiro atoms. The molecule has 1 aromatic heterocycles. The lowest BCUT2D eigenvalue weighted by atomic mass is 10.1. The van der Waals surface area contributed by atoms with Gasteiger partial charge in [-0.3, -0.25) is 9.78 Å². The maximum absolute atomic E-state index is 13.1. The van der Waals surface area contributed by atoms with Gasteiger partial charge in [0, 0.05) is 31.4 Å². The Morgan fingerprint density at radius 2 is 2.00 bits per heavy atom. The molecule has 0 saturated heterocycles. The van der Waals surface area contributed by atoms with Gasteiger partial charge in [0.25, 0.3) is 5.91 Å². The molecule has 0 radical (unpaired) electrons. The standard InChI is InChI=1S/C16H18FN3O/c1-11(14-7-15(17)10-19-9-14)20-8-12-3-5-13(6-4-12)16(21)18-2/h3-7,9-11,20H,8H2,1-2H3,(H,18,21). The van der Waals surface area contributed by atoms with Gasteiger partial charge >= 0.3 is 0 Å². The highest BCUT2D eigenvalue weighted by Crippen LogP contribution is 2.13. The Morgan fingerprint density at radius 1 is 1.29 bits per heavy atom. The van der Waals surface area contributed by atoms with Gasteiger partial charge < -0.3 is 10.6 Å². The second-order valence-corrected chi connectivity index (χ2v) is 4.82. The van der Waals surface area contributed by atoms with Gasteiger partial charge in [-0.15, -0.1) is 0 Å². The molecular formula is C16H18FN3O. The van der Waals surface area contributed by atoms with Gasteiger partial charge in [-0.1, -0.05) is 12.1 Å². The topological polar surface area (TPSA) is 54.0 Å². The normalized spacial score (nSPS) is 12.0. The maximum Gasteiger partial charge on any atom is 0.251 e. The van der Waals surface area contributed by atoms with Crippen molar-refractivity contribution >= 4 is 5.91 Å². The van der Waals surface area contributed by atoms with Gasteiger partial charge in [-0.2, -0.15) is 0 Å². The molecule has 1 amide bonds. The van der Waals surface area contributed by atoms with Crippen molar-refractivity contribution in [2.45, 2.75) is 19.5 Å². The first-order valence-electron chi connectivity index (χ1n) is 6.75. The van der Waals surface area contributed by atoms with Crippen molar-refractivity contribution in [2.24, 2.45) is 0 Å². The molecule has 1 aromatic carbocycles. The van der Waals surface area contributed by atoms with Crippen molar-refractivity contribution in [1.29, 1.82) is 0 Å². The van der Waals surface area contributed by atoms with Gasteiger partial charge in [-0.05, 0) is 36.2 Å². The second kappa shape index (κ2) is 6.95. The summed E-state index contributed by atoms with van der Waals surface area (Å²) in [4.78, 5) is 15.3. The van der Waals surface area contributed by atoms with E-state index in [4.69, 9.17) is 0 Å². The molecule has 2 N–H and O–H groups in total. The number of benzene rings is 1. The summed E-state index contributed by atoms with van der Waals surface area (Å²) in [5.41, 5.74) is 2.49. The van der Waals surface area contributed by atoms with Crippen LogP contribution in [-0.2, 0) is 6.54 Å². The third kappa shape index (κ3) is 4.10. The van der Waals surface area contributed by atoms with Gasteiger partial charge in [0.2, 0.25) is 0 Å². The first kappa shape index (κ1) is 15.1. The largest absolute Gasteiger partial charge is 0.355 e. The highest BCUT2D eigenvalue weighted by molar-refractivity contribution is 5.93. The Hall–Kier alpha value is -2.27. The van der Waals surface area contributed by atoms with Crippen molar-refractivity contribution in [3.63, 3.8) is 0 Å². The number of rotatable bonds is 5. The molecule has 1 atom stereocenters. The van der Waals surface area contributed by atoms with Crippen molar-refractivity contribution in [2.75, 3.05) is 7.05 Å². The molecule has 0 aliphatic heterocycles. The Kier molecular flexibility index (Phi) is 5.00. The van der Waals surface area contributed by atoms with E-state index in [1.54, 1.807) is 25.4 Å². The van der Waals surface area contributed by atoms with Crippen LogP contribution in [0, 0.1) is 5.82 Å². The Morgan fingerprint density at radius 3 is 2.62 bits per heavy atom. The van der Waals surface area contributed by atoms with Crippen LogP contribution in [0.2, 0.25) is 0 Å². The smallest absolute Gasteiger partial charge is 0.251 e. The number of nitrogens with zero attached hydrogens (tertiary/aromatic N) is 1. The van der Waals surface area contributed by atoms with Gasteiger partial charge in [-0.25, -0.2) is 4.39 Å². The van der Waals surface area contributed by atoms with Crippen LogP contribution in [0.15, 0.2) is 42.7 Å². The van der Waals surface area contributed by atoms with E-state index in [2.05, 4.69) is 15.6 Å². The van der Waals surface area contributed by atoms with Gasteiger partial charge in [0.15, 0.2) is 0 Å². The lowest BCUT2D eigenvalue weighted by molar-refractivity contribution is 0.0963.